The standard InChI is InChI=1S/C20H32N2O2/c1-14(2)20(24)18(22-15(3)4)13-21-19(23)8-6-7-17-11-9-16(5)10-12-17/h9-12,14-15,18,22H,6-8,13H2,1-5H3,(H,21,23). The molecule has 1 atom stereocenters. The zero-order valence-electron chi connectivity index (χ0n) is 15.7. The Bertz CT molecular complexity index is 521. The molecule has 2 N–H and O–H groups in total. The molecule has 4 heteroatoms. The van der Waals surface area contributed by atoms with Crippen LogP contribution in [0.1, 0.15) is 51.7 Å². The van der Waals surface area contributed by atoms with Crippen LogP contribution in [0.3, 0.4) is 0 Å². The average Bonchev–Trinajstić information content (AvgIpc) is 2.52. The monoisotopic (exact) mass is 332 g/mol. The van der Waals surface area contributed by atoms with E-state index in [0.717, 1.165) is 12.8 Å². The van der Waals surface area contributed by atoms with E-state index in [-0.39, 0.29) is 29.7 Å². The predicted molar refractivity (Wildman–Crippen MR) is 99.0 cm³/mol. The molecule has 0 radical (unpaired) electrons. The molecule has 0 saturated carbocycles. The smallest absolute Gasteiger partial charge is 0.220 e. The average molecular weight is 332 g/mol. The van der Waals surface area contributed by atoms with Gasteiger partial charge in [-0.3, -0.25) is 9.59 Å². The van der Waals surface area contributed by atoms with Gasteiger partial charge in [0.2, 0.25) is 5.91 Å². The third-order valence-corrected chi connectivity index (χ3v) is 3.94. The highest BCUT2D eigenvalue weighted by atomic mass is 16.2. The molecule has 0 spiro atoms. The Balaban J connectivity index is 2.36. The van der Waals surface area contributed by atoms with Gasteiger partial charge in [0.25, 0.3) is 0 Å². The van der Waals surface area contributed by atoms with E-state index in [1.54, 1.807) is 0 Å². The fraction of sp³-hybridized carbons (Fsp3) is 0.600. The molecule has 0 aromatic heterocycles. The van der Waals surface area contributed by atoms with Crippen molar-refractivity contribution in [1.29, 1.82) is 0 Å². The third kappa shape index (κ3) is 7.73. The summed E-state index contributed by atoms with van der Waals surface area (Å²) in [6.07, 6.45) is 2.19. The molecular formula is C20H32N2O2. The van der Waals surface area contributed by atoms with Gasteiger partial charge in [0.05, 0.1) is 6.04 Å². The molecule has 0 aliphatic heterocycles. The molecule has 0 heterocycles. The zero-order valence-corrected chi connectivity index (χ0v) is 15.7. The number of benzene rings is 1. The number of carbonyl (C=O) groups is 2. The van der Waals surface area contributed by atoms with Crippen LogP contribution in [-0.2, 0) is 16.0 Å². The molecule has 134 valence electrons. The van der Waals surface area contributed by atoms with Crippen LogP contribution in [0.15, 0.2) is 24.3 Å². The number of aryl methyl sites for hydroxylation is 2. The Kier molecular flexibility index (Phi) is 8.69. The molecule has 24 heavy (non-hydrogen) atoms. The Labute approximate surface area is 146 Å². The van der Waals surface area contributed by atoms with Crippen LogP contribution in [0.5, 0.6) is 0 Å². The van der Waals surface area contributed by atoms with Gasteiger partial charge in [-0.2, -0.15) is 0 Å². The van der Waals surface area contributed by atoms with Crippen LogP contribution < -0.4 is 10.6 Å². The summed E-state index contributed by atoms with van der Waals surface area (Å²) in [5, 5.41) is 6.14. The maximum Gasteiger partial charge on any atom is 0.220 e. The second kappa shape index (κ2) is 10.2. The molecule has 0 aliphatic carbocycles. The van der Waals surface area contributed by atoms with Crippen LogP contribution >= 0.6 is 0 Å². The fourth-order valence-corrected chi connectivity index (χ4v) is 2.56. The van der Waals surface area contributed by atoms with Crippen LogP contribution in [-0.4, -0.2) is 30.3 Å². The number of hydrogen-bond donors (Lipinski definition) is 2. The van der Waals surface area contributed by atoms with Gasteiger partial charge in [-0.1, -0.05) is 57.5 Å². The number of nitrogens with one attached hydrogen (secondary N) is 2. The maximum atomic E-state index is 12.2. The molecule has 1 aromatic carbocycles. The summed E-state index contributed by atoms with van der Waals surface area (Å²) in [7, 11) is 0. The molecule has 0 fully saturated rings. The predicted octanol–water partition coefficient (Wildman–Crippen LogP) is 3.03. The van der Waals surface area contributed by atoms with Gasteiger partial charge in [0, 0.05) is 24.9 Å². The number of ketones is 1. The summed E-state index contributed by atoms with van der Waals surface area (Å²) >= 11 is 0. The Morgan fingerprint density at radius 3 is 2.21 bits per heavy atom. The fourth-order valence-electron chi connectivity index (χ4n) is 2.56. The maximum absolute atomic E-state index is 12.2. The topological polar surface area (TPSA) is 58.2 Å². The van der Waals surface area contributed by atoms with Gasteiger partial charge in [-0.15, -0.1) is 0 Å². The summed E-state index contributed by atoms with van der Waals surface area (Å²) in [5.41, 5.74) is 2.50. The minimum Gasteiger partial charge on any atom is -0.354 e. The van der Waals surface area contributed by atoms with E-state index < -0.39 is 0 Å². The number of carbonyl (C=O) groups excluding carboxylic acids is 2. The number of hydrogen-bond acceptors (Lipinski definition) is 3. The first kappa shape index (κ1) is 20.4. The largest absolute Gasteiger partial charge is 0.354 e. The number of Topliss-reactive ketones (excluding diaryl/α,β-unsaturated/α-hetero) is 1. The number of amides is 1. The Morgan fingerprint density at radius 2 is 1.67 bits per heavy atom. The SMILES string of the molecule is Cc1ccc(CCCC(=O)NCC(NC(C)C)C(=O)C(C)C)cc1. The number of rotatable bonds is 10. The van der Waals surface area contributed by atoms with Gasteiger partial charge in [-0.25, -0.2) is 0 Å². The first-order chi connectivity index (χ1) is 11.3. The third-order valence-electron chi connectivity index (χ3n) is 3.94. The Morgan fingerprint density at radius 1 is 1.04 bits per heavy atom. The minimum absolute atomic E-state index is 0.00854. The lowest BCUT2D eigenvalue weighted by atomic mass is 10.0. The van der Waals surface area contributed by atoms with Gasteiger partial charge >= 0.3 is 0 Å². The second-order valence-corrected chi connectivity index (χ2v) is 7.07. The van der Waals surface area contributed by atoms with Crippen molar-refractivity contribution < 1.29 is 9.59 Å². The highest BCUT2D eigenvalue weighted by Gasteiger charge is 2.22. The first-order valence-electron chi connectivity index (χ1n) is 8.91. The van der Waals surface area contributed by atoms with Gasteiger partial charge in [0.1, 0.15) is 0 Å². The zero-order chi connectivity index (χ0) is 18.1. The lowest BCUT2D eigenvalue weighted by Gasteiger charge is -2.22. The molecular weight excluding hydrogens is 300 g/mol. The van der Waals surface area contributed by atoms with Crippen molar-refractivity contribution in [2.45, 2.75) is 66.0 Å². The molecule has 1 aromatic rings. The molecule has 1 rings (SSSR count). The van der Waals surface area contributed by atoms with E-state index in [1.165, 1.54) is 11.1 Å². The molecule has 0 saturated heterocycles. The van der Waals surface area contributed by atoms with Crippen LogP contribution in [0, 0.1) is 12.8 Å². The van der Waals surface area contributed by atoms with Gasteiger partial charge < -0.3 is 10.6 Å². The first-order valence-corrected chi connectivity index (χ1v) is 8.91. The van der Waals surface area contributed by atoms with Crippen LogP contribution in [0.25, 0.3) is 0 Å². The van der Waals surface area contributed by atoms with Crippen molar-refractivity contribution in [3.8, 4) is 0 Å². The van der Waals surface area contributed by atoms with E-state index in [2.05, 4.69) is 41.8 Å². The van der Waals surface area contributed by atoms with Crippen molar-refractivity contribution in [2.75, 3.05) is 6.54 Å². The molecule has 1 amide bonds. The molecule has 0 aliphatic rings. The highest BCUT2D eigenvalue weighted by Crippen LogP contribution is 2.07. The van der Waals surface area contributed by atoms with Crippen LogP contribution in [0.4, 0.5) is 0 Å². The summed E-state index contributed by atoms with van der Waals surface area (Å²) in [5.74, 6) is 0.109. The van der Waals surface area contributed by atoms with E-state index in [9.17, 15) is 9.59 Å². The van der Waals surface area contributed by atoms with Gasteiger partial charge in [0.15, 0.2) is 5.78 Å². The summed E-state index contributed by atoms with van der Waals surface area (Å²) in [6, 6.07) is 8.29. The highest BCUT2D eigenvalue weighted by molar-refractivity contribution is 5.86. The summed E-state index contributed by atoms with van der Waals surface area (Å²) < 4.78 is 0. The van der Waals surface area contributed by atoms with E-state index in [0.29, 0.717) is 13.0 Å². The van der Waals surface area contributed by atoms with Crippen LogP contribution in [0.2, 0.25) is 0 Å². The van der Waals surface area contributed by atoms with Crippen molar-refractivity contribution in [1.82, 2.24) is 10.6 Å². The normalized spacial score (nSPS) is 12.5. The van der Waals surface area contributed by atoms with Gasteiger partial charge in [-0.05, 0) is 25.3 Å². The molecule has 4 nitrogen and oxygen atoms in total. The minimum atomic E-state index is -0.314. The second-order valence-electron chi connectivity index (χ2n) is 7.07. The van der Waals surface area contributed by atoms with Crippen molar-refractivity contribution in [2.24, 2.45) is 5.92 Å². The molecule has 1 unspecified atom stereocenters. The lowest BCUT2D eigenvalue weighted by Crippen LogP contribution is -2.49. The van der Waals surface area contributed by atoms with Crippen molar-refractivity contribution >= 4 is 11.7 Å². The Hall–Kier alpha value is -1.68. The molecule has 0 bridgehead atoms. The van der Waals surface area contributed by atoms with Crippen molar-refractivity contribution in [3.63, 3.8) is 0 Å². The van der Waals surface area contributed by atoms with E-state index >= 15 is 0 Å². The summed E-state index contributed by atoms with van der Waals surface area (Å²) in [6.45, 7) is 10.2. The quantitative estimate of drug-likeness (QED) is 0.692. The van der Waals surface area contributed by atoms with Crippen molar-refractivity contribution in [3.05, 3.63) is 35.4 Å². The lowest BCUT2D eigenvalue weighted by molar-refractivity contribution is -0.124. The van der Waals surface area contributed by atoms with E-state index in [1.807, 2.05) is 27.7 Å². The summed E-state index contributed by atoms with van der Waals surface area (Å²) in [4.78, 5) is 24.2. The van der Waals surface area contributed by atoms with E-state index in [4.69, 9.17) is 0 Å².